The number of halogens is 1. The number of nitrogens with one attached hydrogen (secondary N) is 1. The van der Waals surface area contributed by atoms with Crippen molar-refractivity contribution in [2.45, 2.75) is 45.1 Å². The first-order valence-electron chi connectivity index (χ1n) is 8.60. The minimum absolute atomic E-state index is 0.172. The standard InChI is InChI=1S/C18H25FN2O2/c1-13-4-2-3-5-17(13)23-11-9-20-18(22)21-10-8-14-6-7-15(19)12-16(14)21/h6-7,12-13,17H,2-5,8-11H2,1H3,(H,20,22)/t13-,17+/m0/s1. The molecule has 0 spiro atoms. The van der Waals surface area contributed by atoms with Gasteiger partial charge in [0.05, 0.1) is 18.4 Å². The van der Waals surface area contributed by atoms with Crippen molar-refractivity contribution in [3.05, 3.63) is 29.6 Å². The molecular weight excluding hydrogens is 295 g/mol. The minimum atomic E-state index is -0.307. The fourth-order valence-electron chi connectivity index (χ4n) is 3.56. The van der Waals surface area contributed by atoms with E-state index in [1.54, 1.807) is 11.0 Å². The third-order valence-electron chi connectivity index (χ3n) is 4.93. The Hall–Kier alpha value is -1.62. The summed E-state index contributed by atoms with van der Waals surface area (Å²) in [5.41, 5.74) is 1.71. The number of ether oxygens (including phenoxy) is 1. The molecule has 1 aromatic carbocycles. The topological polar surface area (TPSA) is 41.6 Å². The molecule has 5 heteroatoms. The second-order valence-corrected chi connectivity index (χ2v) is 6.58. The number of anilines is 1. The maximum Gasteiger partial charge on any atom is 0.321 e. The van der Waals surface area contributed by atoms with Crippen LogP contribution in [0.1, 0.15) is 38.2 Å². The van der Waals surface area contributed by atoms with E-state index >= 15 is 0 Å². The molecule has 1 aliphatic heterocycles. The lowest BCUT2D eigenvalue weighted by molar-refractivity contribution is -0.00237. The van der Waals surface area contributed by atoms with Crippen molar-refractivity contribution in [1.82, 2.24) is 5.32 Å². The van der Waals surface area contributed by atoms with Gasteiger partial charge in [0.25, 0.3) is 0 Å². The van der Waals surface area contributed by atoms with E-state index < -0.39 is 0 Å². The number of amides is 2. The number of fused-ring (bicyclic) bond motifs is 1. The highest BCUT2D eigenvalue weighted by Gasteiger charge is 2.25. The van der Waals surface area contributed by atoms with Gasteiger partial charge < -0.3 is 10.1 Å². The van der Waals surface area contributed by atoms with Crippen LogP contribution in [0, 0.1) is 11.7 Å². The molecule has 0 aromatic heterocycles. The number of hydrogen-bond acceptors (Lipinski definition) is 2. The number of hydrogen-bond donors (Lipinski definition) is 1. The van der Waals surface area contributed by atoms with Crippen LogP contribution in [0.15, 0.2) is 18.2 Å². The number of rotatable bonds is 4. The molecule has 2 aliphatic rings. The fourth-order valence-corrected chi connectivity index (χ4v) is 3.56. The fraction of sp³-hybridized carbons (Fsp3) is 0.611. The van der Waals surface area contributed by atoms with Gasteiger partial charge in [0, 0.05) is 13.1 Å². The molecule has 1 fully saturated rings. The third-order valence-corrected chi connectivity index (χ3v) is 4.93. The summed E-state index contributed by atoms with van der Waals surface area (Å²) in [6.07, 6.45) is 5.97. The lowest BCUT2D eigenvalue weighted by Crippen LogP contribution is -2.41. The van der Waals surface area contributed by atoms with Gasteiger partial charge in [-0.25, -0.2) is 9.18 Å². The molecule has 2 atom stereocenters. The normalized spacial score (nSPS) is 23.7. The molecule has 1 N–H and O–H groups in total. The van der Waals surface area contributed by atoms with Crippen molar-refractivity contribution in [2.24, 2.45) is 5.92 Å². The molecule has 1 heterocycles. The van der Waals surface area contributed by atoms with Gasteiger partial charge >= 0.3 is 6.03 Å². The Morgan fingerprint density at radius 1 is 1.39 bits per heavy atom. The zero-order valence-corrected chi connectivity index (χ0v) is 13.7. The number of benzene rings is 1. The molecule has 0 bridgehead atoms. The smallest absolute Gasteiger partial charge is 0.321 e. The predicted molar refractivity (Wildman–Crippen MR) is 88.2 cm³/mol. The summed E-state index contributed by atoms with van der Waals surface area (Å²) in [6.45, 7) is 3.86. The Morgan fingerprint density at radius 2 is 2.22 bits per heavy atom. The summed E-state index contributed by atoms with van der Waals surface area (Å²) in [4.78, 5) is 13.9. The summed E-state index contributed by atoms with van der Waals surface area (Å²) in [6, 6.07) is 4.46. The zero-order valence-electron chi connectivity index (χ0n) is 13.7. The summed E-state index contributed by atoms with van der Waals surface area (Å²) in [7, 11) is 0. The SMILES string of the molecule is C[C@H]1CCCC[C@H]1OCCNC(=O)N1CCc2ccc(F)cc21. The monoisotopic (exact) mass is 320 g/mol. The molecule has 23 heavy (non-hydrogen) atoms. The van der Waals surface area contributed by atoms with Crippen molar-refractivity contribution in [2.75, 3.05) is 24.6 Å². The van der Waals surface area contributed by atoms with Crippen LogP contribution in [0.5, 0.6) is 0 Å². The van der Waals surface area contributed by atoms with E-state index in [1.165, 1.54) is 31.4 Å². The highest BCUT2D eigenvalue weighted by atomic mass is 19.1. The van der Waals surface area contributed by atoms with E-state index in [9.17, 15) is 9.18 Å². The van der Waals surface area contributed by atoms with E-state index in [2.05, 4.69) is 12.2 Å². The molecule has 0 radical (unpaired) electrons. The van der Waals surface area contributed by atoms with Crippen LogP contribution in [0.4, 0.5) is 14.9 Å². The van der Waals surface area contributed by atoms with Gasteiger partial charge in [-0.05, 0) is 42.9 Å². The van der Waals surface area contributed by atoms with Crippen molar-refractivity contribution in [3.63, 3.8) is 0 Å². The van der Waals surface area contributed by atoms with Crippen LogP contribution >= 0.6 is 0 Å². The van der Waals surface area contributed by atoms with Gasteiger partial charge in [-0.1, -0.05) is 25.8 Å². The average Bonchev–Trinajstić information content (AvgIpc) is 2.96. The molecule has 4 nitrogen and oxygen atoms in total. The van der Waals surface area contributed by atoms with Crippen molar-refractivity contribution >= 4 is 11.7 Å². The van der Waals surface area contributed by atoms with Gasteiger partial charge in [-0.3, -0.25) is 4.90 Å². The van der Waals surface area contributed by atoms with Crippen LogP contribution < -0.4 is 10.2 Å². The van der Waals surface area contributed by atoms with Gasteiger partial charge in [0.15, 0.2) is 0 Å². The lowest BCUT2D eigenvalue weighted by Gasteiger charge is -2.28. The first-order valence-corrected chi connectivity index (χ1v) is 8.60. The summed E-state index contributed by atoms with van der Waals surface area (Å²) < 4.78 is 19.3. The highest BCUT2D eigenvalue weighted by Crippen LogP contribution is 2.28. The first-order chi connectivity index (χ1) is 11.1. The first kappa shape index (κ1) is 16.2. The van der Waals surface area contributed by atoms with Crippen LogP contribution in [-0.4, -0.2) is 31.8 Å². The predicted octanol–water partition coefficient (Wildman–Crippen LogP) is 3.49. The van der Waals surface area contributed by atoms with E-state index in [0.717, 1.165) is 18.4 Å². The number of carbonyl (C=O) groups is 1. The molecule has 126 valence electrons. The van der Waals surface area contributed by atoms with E-state index in [1.807, 2.05) is 0 Å². The Kier molecular flexibility index (Phi) is 5.16. The third kappa shape index (κ3) is 3.83. The molecule has 1 saturated carbocycles. The Morgan fingerprint density at radius 3 is 3.04 bits per heavy atom. The Labute approximate surface area is 137 Å². The Bertz CT molecular complexity index is 564. The van der Waals surface area contributed by atoms with E-state index in [4.69, 9.17) is 4.74 Å². The maximum atomic E-state index is 13.4. The molecular formula is C18H25FN2O2. The molecule has 0 saturated heterocycles. The van der Waals surface area contributed by atoms with Crippen LogP contribution in [0.3, 0.4) is 0 Å². The van der Waals surface area contributed by atoms with Gasteiger partial charge in [0.1, 0.15) is 5.82 Å². The van der Waals surface area contributed by atoms with Crippen molar-refractivity contribution in [3.8, 4) is 0 Å². The van der Waals surface area contributed by atoms with E-state index in [0.29, 0.717) is 37.4 Å². The number of carbonyl (C=O) groups excluding carboxylic acids is 1. The quantitative estimate of drug-likeness (QED) is 0.863. The van der Waals surface area contributed by atoms with Gasteiger partial charge in [-0.15, -0.1) is 0 Å². The second-order valence-electron chi connectivity index (χ2n) is 6.58. The van der Waals surface area contributed by atoms with E-state index in [-0.39, 0.29) is 11.8 Å². The minimum Gasteiger partial charge on any atom is -0.376 e. The average molecular weight is 320 g/mol. The molecule has 1 aromatic rings. The van der Waals surface area contributed by atoms with Gasteiger partial charge in [0.2, 0.25) is 0 Å². The molecule has 3 rings (SSSR count). The van der Waals surface area contributed by atoms with Crippen LogP contribution in [0.2, 0.25) is 0 Å². The Balaban J connectivity index is 1.45. The van der Waals surface area contributed by atoms with Crippen molar-refractivity contribution < 1.29 is 13.9 Å². The van der Waals surface area contributed by atoms with Gasteiger partial charge in [-0.2, -0.15) is 0 Å². The zero-order chi connectivity index (χ0) is 16.2. The molecule has 2 amide bonds. The summed E-state index contributed by atoms with van der Waals surface area (Å²) in [5, 5.41) is 2.88. The number of nitrogens with zero attached hydrogens (tertiary/aromatic N) is 1. The molecule has 0 unspecified atom stereocenters. The molecule has 1 aliphatic carbocycles. The van der Waals surface area contributed by atoms with Crippen LogP contribution in [-0.2, 0) is 11.2 Å². The number of urea groups is 1. The van der Waals surface area contributed by atoms with Crippen molar-refractivity contribution in [1.29, 1.82) is 0 Å². The summed E-state index contributed by atoms with van der Waals surface area (Å²) >= 11 is 0. The largest absolute Gasteiger partial charge is 0.376 e. The second kappa shape index (κ2) is 7.30. The maximum absolute atomic E-state index is 13.4. The van der Waals surface area contributed by atoms with Crippen LogP contribution in [0.25, 0.3) is 0 Å². The highest BCUT2D eigenvalue weighted by molar-refractivity contribution is 5.94. The summed E-state index contributed by atoms with van der Waals surface area (Å²) in [5.74, 6) is 0.297. The lowest BCUT2D eigenvalue weighted by atomic mass is 9.88.